The third-order valence-corrected chi connectivity index (χ3v) is 4.09. The summed E-state index contributed by atoms with van der Waals surface area (Å²) in [6.07, 6.45) is 1.99. The highest BCUT2D eigenvalue weighted by molar-refractivity contribution is 6.00. The van der Waals surface area contributed by atoms with Crippen LogP contribution >= 0.6 is 0 Å². The van der Waals surface area contributed by atoms with Gasteiger partial charge in [-0.1, -0.05) is 5.16 Å². The molecule has 1 aromatic heterocycles. The van der Waals surface area contributed by atoms with Crippen molar-refractivity contribution in [3.63, 3.8) is 0 Å². The number of rotatable bonds is 4. The van der Waals surface area contributed by atoms with Gasteiger partial charge in [-0.25, -0.2) is 4.39 Å². The van der Waals surface area contributed by atoms with Crippen LogP contribution in [0.5, 0.6) is 0 Å². The van der Waals surface area contributed by atoms with Crippen LogP contribution in [0.4, 0.5) is 4.39 Å². The Labute approximate surface area is 133 Å². The van der Waals surface area contributed by atoms with E-state index in [1.54, 1.807) is 19.1 Å². The maximum atomic E-state index is 13.1. The number of benzene rings is 1. The van der Waals surface area contributed by atoms with Crippen LogP contribution in [-0.2, 0) is 4.74 Å². The van der Waals surface area contributed by atoms with Crippen molar-refractivity contribution in [1.82, 2.24) is 10.5 Å². The first-order chi connectivity index (χ1) is 11.1. The Morgan fingerprint density at radius 1 is 1.39 bits per heavy atom. The summed E-state index contributed by atoms with van der Waals surface area (Å²) in [6, 6.07) is 5.71. The van der Waals surface area contributed by atoms with E-state index in [1.165, 1.54) is 12.1 Å². The van der Waals surface area contributed by atoms with Crippen LogP contribution in [-0.4, -0.2) is 29.8 Å². The molecule has 2 aromatic rings. The van der Waals surface area contributed by atoms with Gasteiger partial charge in [-0.3, -0.25) is 4.79 Å². The predicted molar refractivity (Wildman–Crippen MR) is 82.5 cm³/mol. The summed E-state index contributed by atoms with van der Waals surface area (Å²) >= 11 is 0. The zero-order valence-electron chi connectivity index (χ0n) is 13.1. The molecule has 0 bridgehead atoms. The second-order valence-corrected chi connectivity index (χ2v) is 5.78. The van der Waals surface area contributed by atoms with Crippen molar-refractivity contribution >= 4 is 5.91 Å². The van der Waals surface area contributed by atoms with Crippen molar-refractivity contribution in [2.24, 2.45) is 0 Å². The maximum absolute atomic E-state index is 13.1. The highest BCUT2D eigenvalue weighted by atomic mass is 19.1. The van der Waals surface area contributed by atoms with E-state index in [9.17, 15) is 9.18 Å². The number of hydrogen-bond donors (Lipinski definition) is 1. The first-order valence-electron chi connectivity index (χ1n) is 7.71. The van der Waals surface area contributed by atoms with E-state index in [0.717, 1.165) is 19.4 Å². The number of amides is 1. The number of aryl methyl sites for hydroxylation is 1. The van der Waals surface area contributed by atoms with Crippen LogP contribution in [0, 0.1) is 12.7 Å². The molecule has 2 atom stereocenters. The maximum Gasteiger partial charge on any atom is 0.257 e. The summed E-state index contributed by atoms with van der Waals surface area (Å²) < 4.78 is 23.8. The fourth-order valence-corrected chi connectivity index (χ4v) is 2.81. The number of ether oxygens (including phenoxy) is 1. The quantitative estimate of drug-likeness (QED) is 0.941. The Kier molecular flexibility index (Phi) is 4.43. The van der Waals surface area contributed by atoms with E-state index in [1.807, 2.05) is 6.92 Å². The van der Waals surface area contributed by atoms with Gasteiger partial charge >= 0.3 is 0 Å². The molecule has 0 saturated carbocycles. The number of halogens is 1. The van der Waals surface area contributed by atoms with Crippen LogP contribution in [0.1, 0.15) is 35.9 Å². The number of carbonyl (C=O) groups excluding carboxylic acids is 1. The molecule has 1 aliphatic rings. The lowest BCUT2D eigenvalue weighted by molar-refractivity contribution is 0.0712. The highest BCUT2D eigenvalue weighted by Crippen LogP contribution is 2.26. The molecule has 0 spiro atoms. The molecule has 5 nitrogen and oxygen atoms in total. The average molecular weight is 318 g/mol. The minimum Gasteiger partial charge on any atom is -0.376 e. The minimum absolute atomic E-state index is 0.0355. The molecular formula is C17H19FN2O3. The number of hydrogen-bond acceptors (Lipinski definition) is 4. The van der Waals surface area contributed by atoms with E-state index in [-0.39, 0.29) is 23.9 Å². The van der Waals surface area contributed by atoms with Gasteiger partial charge in [-0.15, -0.1) is 0 Å². The topological polar surface area (TPSA) is 64.4 Å². The van der Waals surface area contributed by atoms with E-state index >= 15 is 0 Å². The Bertz CT molecular complexity index is 690. The minimum atomic E-state index is -0.341. The summed E-state index contributed by atoms with van der Waals surface area (Å²) in [5, 5.41) is 6.90. The van der Waals surface area contributed by atoms with Gasteiger partial charge in [0, 0.05) is 12.2 Å². The van der Waals surface area contributed by atoms with Crippen LogP contribution in [0.15, 0.2) is 28.8 Å². The molecule has 1 aliphatic heterocycles. The Morgan fingerprint density at radius 3 is 2.78 bits per heavy atom. The largest absolute Gasteiger partial charge is 0.376 e. The molecule has 0 radical (unpaired) electrons. The predicted octanol–water partition coefficient (Wildman–Crippen LogP) is 3.09. The second kappa shape index (κ2) is 6.50. The monoisotopic (exact) mass is 318 g/mol. The van der Waals surface area contributed by atoms with Crippen molar-refractivity contribution in [1.29, 1.82) is 0 Å². The van der Waals surface area contributed by atoms with Crippen molar-refractivity contribution in [2.75, 3.05) is 6.61 Å². The fraction of sp³-hybridized carbons (Fsp3) is 0.412. The molecule has 1 N–H and O–H groups in total. The molecular weight excluding hydrogens is 299 g/mol. The number of aromatic nitrogens is 1. The molecule has 3 rings (SSSR count). The van der Waals surface area contributed by atoms with Gasteiger partial charge in [0.15, 0.2) is 0 Å². The molecule has 1 saturated heterocycles. The lowest BCUT2D eigenvalue weighted by Crippen LogP contribution is -2.41. The van der Waals surface area contributed by atoms with Gasteiger partial charge in [0.25, 0.3) is 5.91 Å². The average Bonchev–Trinajstić information content (AvgIpc) is 3.17. The van der Waals surface area contributed by atoms with Gasteiger partial charge in [0.2, 0.25) is 0 Å². The molecule has 0 aliphatic carbocycles. The Morgan fingerprint density at radius 2 is 2.13 bits per heavy atom. The van der Waals surface area contributed by atoms with E-state index < -0.39 is 0 Å². The van der Waals surface area contributed by atoms with Crippen molar-refractivity contribution < 1.29 is 18.4 Å². The third-order valence-electron chi connectivity index (χ3n) is 4.09. The fourth-order valence-electron chi connectivity index (χ4n) is 2.81. The molecule has 23 heavy (non-hydrogen) atoms. The molecule has 6 heteroatoms. The first kappa shape index (κ1) is 15.7. The summed E-state index contributed by atoms with van der Waals surface area (Å²) in [7, 11) is 0. The molecule has 2 heterocycles. The van der Waals surface area contributed by atoms with E-state index in [0.29, 0.717) is 22.6 Å². The van der Waals surface area contributed by atoms with Crippen molar-refractivity contribution in [2.45, 2.75) is 38.8 Å². The van der Waals surface area contributed by atoms with Gasteiger partial charge in [-0.05, 0) is 51.0 Å². The van der Waals surface area contributed by atoms with Crippen LogP contribution in [0.2, 0.25) is 0 Å². The first-order valence-corrected chi connectivity index (χ1v) is 7.71. The van der Waals surface area contributed by atoms with Gasteiger partial charge in [0.05, 0.1) is 12.1 Å². The SMILES string of the molecule is Cc1onc(-c2ccc(F)cc2)c1C(=O)N[C@H](C)[C@@H]1CCCO1. The van der Waals surface area contributed by atoms with Crippen LogP contribution < -0.4 is 5.32 Å². The van der Waals surface area contributed by atoms with E-state index in [4.69, 9.17) is 9.26 Å². The Hall–Kier alpha value is -2.21. The summed E-state index contributed by atoms with van der Waals surface area (Å²) in [5.41, 5.74) is 1.43. The van der Waals surface area contributed by atoms with Crippen molar-refractivity contribution in [3.8, 4) is 11.3 Å². The number of carbonyl (C=O) groups is 1. The zero-order valence-corrected chi connectivity index (χ0v) is 13.1. The standard InChI is InChI=1S/C17H19FN2O3/c1-10(14-4-3-9-22-14)19-17(21)15-11(2)23-20-16(15)12-5-7-13(18)8-6-12/h5-8,10,14H,3-4,9H2,1-2H3,(H,19,21)/t10-,14+/m1/s1. The van der Waals surface area contributed by atoms with Crippen LogP contribution in [0.3, 0.4) is 0 Å². The summed E-state index contributed by atoms with van der Waals surface area (Å²) in [5.74, 6) is -0.167. The normalized spacial score (nSPS) is 18.8. The summed E-state index contributed by atoms with van der Waals surface area (Å²) in [6.45, 7) is 4.35. The number of nitrogens with zero attached hydrogens (tertiary/aromatic N) is 1. The highest BCUT2D eigenvalue weighted by Gasteiger charge is 2.27. The number of nitrogens with one attached hydrogen (secondary N) is 1. The van der Waals surface area contributed by atoms with Gasteiger partial charge < -0.3 is 14.6 Å². The molecule has 1 aromatic carbocycles. The van der Waals surface area contributed by atoms with E-state index in [2.05, 4.69) is 10.5 Å². The van der Waals surface area contributed by atoms with Crippen molar-refractivity contribution in [3.05, 3.63) is 41.4 Å². The lowest BCUT2D eigenvalue weighted by Gasteiger charge is -2.19. The molecule has 1 fully saturated rings. The smallest absolute Gasteiger partial charge is 0.257 e. The van der Waals surface area contributed by atoms with Gasteiger partial charge in [0.1, 0.15) is 22.8 Å². The van der Waals surface area contributed by atoms with Gasteiger partial charge in [-0.2, -0.15) is 0 Å². The zero-order chi connectivity index (χ0) is 16.4. The third kappa shape index (κ3) is 3.27. The summed E-state index contributed by atoms with van der Waals surface area (Å²) in [4.78, 5) is 12.6. The lowest BCUT2D eigenvalue weighted by atomic mass is 10.0. The molecule has 122 valence electrons. The molecule has 0 unspecified atom stereocenters. The van der Waals surface area contributed by atoms with Crippen LogP contribution in [0.25, 0.3) is 11.3 Å². The Balaban J connectivity index is 1.82. The molecule has 1 amide bonds. The second-order valence-electron chi connectivity index (χ2n) is 5.78.